The summed E-state index contributed by atoms with van der Waals surface area (Å²) in [6.45, 7) is 5.17. The minimum Gasteiger partial charge on any atom is -0.376 e. The van der Waals surface area contributed by atoms with E-state index in [2.05, 4.69) is 15.5 Å². The van der Waals surface area contributed by atoms with Gasteiger partial charge in [-0.1, -0.05) is 11.8 Å². The average molecular weight is 440 g/mol. The second-order valence-corrected chi connectivity index (χ2v) is 10.9. The fourth-order valence-electron chi connectivity index (χ4n) is 4.20. The minimum absolute atomic E-state index is 0.0122. The van der Waals surface area contributed by atoms with E-state index in [1.54, 1.807) is 4.68 Å². The highest BCUT2D eigenvalue weighted by Crippen LogP contribution is 2.30. The lowest BCUT2D eigenvalue weighted by atomic mass is 10.2. The van der Waals surface area contributed by atoms with E-state index in [1.807, 2.05) is 24.5 Å². The maximum Gasteiger partial charge on any atom is 0.209 e. The Morgan fingerprint density at radius 1 is 1.34 bits per heavy atom. The molecule has 0 aromatic carbocycles. The zero-order chi connectivity index (χ0) is 20.6. The van der Waals surface area contributed by atoms with Crippen molar-refractivity contribution in [3.63, 3.8) is 0 Å². The van der Waals surface area contributed by atoms with Crippen LogP contribution < -0.4 is 0 Å². The molecule has 2 atom stereocenters. The maximum atomic E-state index is 12.9. The van der Waals surface area contributed by atoms with Crippen molar-refractivity contribution in [1.29, 1.82) is 0 Å². The molecule has 0 saturated carbocycles. The zero-order valence-corrected chi connectivity index (χ0v) is 18.2. The number of aryl methyl sites for hydroxylation is 1. The molecule has 2 fully saturated rings. The average Bonchev–Trinajstić information content (AvgIpc) is 3.43. The van der Waals surface area contributed by atoms with Crippen molar-refractivity contribution in [2.45, 2.75) is 57.0 Å². The van der Waals surface area contributed by atoms with Crippen molar-refractivity contribution in [2.24, 2.45) is 0 Å². The van der Waals surface area contributed by atoms with Gasteiger partial charge in [0.15, 0.2) is 15.6 Å². The number of ether oxygens (including phenoxy) is 1. The Morgan fingerprint density at radius 3 is 2.86 bits per heavy atom. The van der Waals surface area contributed by atoms with Crippen molar-refractivity contribution >= 4 is 27.4 Å². The summed E-state index contributed by atoms with van der Waals surface area (Å²) < 4.78 is 33.0. The van der Waals surface area contributed by atoms with E-state index in [1.165, 1.54) is 11.8 Å². The van der Waals surface area contributed by atoms with E-state index in [4.69, 9.17) is 4.74 Å². The molecule has 2 aliphatic heterocycles. The number of aromatic nitrogens is 5. The fraction of sp³-hybridized carbons (Fsp3) is 0.667. The second-order valence-electron chi connectivity index (χ2n) is 7.70. The molecule has 2 aliphatic rings. The van der Waals surface area contributed by atoms with Crippen molar-refractivity contribution in [3.8, 4) is 0 Å². The van der Waals surface area contributed by atoms with Gasteiger partial charge < -0.3 is 9.30 Å². The maximum absolute atomic E-state index is 12.9. The van der Waals surface area contributed by atoms with E-state index in [0.29, 0.717) is 23.7 Å². The highest BCUT2D eigenvalue weighted by Gasteiger charge is 2.31. The third-order valence-corrected chi connectivity index (χ3v) is 8.30. The first-order chi connectivity index (χ1) is 13.8. The number of carbonyl (C=O) groups excluding carboxylic acids is 1. The summed E-state index contributed by atoms with van der Waals surface area (Å²) in [5.41, 5.74) is 2.38. The molecule has 9 nitrogen and oxygen atoms in total. The summed E-state index contributed by atoms with van der Waals surface area (Å²) in [4.78, 5) is 12.9. The molecule has 0 amide bonds. The van der Waals surface area contributed by atoms with Crippen molar-refractivity contribution in [1.82, 2.24) is 24.8 Å². The first-order valence-electron chi connectivity index (χ1n) is 9.76. The highest BCUT2D eigenvalue weighted by atomic mass is 32.2. The molecule has 4 heterocycles. The van der Waals surface area contributed by atoms with Crippen molar-refractivity contribution in [2.75, 3.05) is 23.9 Å². The number of carbonyl (C=O) groups is 1. The quantitative estimate of drug-likeness (QED) is 0.473. The summed E-state index contributed by atoms with van der Waals surface area (Å²) >= 11 is 1.31. The Labute approximate surface area is 174 Å². The van der Waals surface area contributed by atoms with Crippen LogP contribution in [0.1, 0.15) is 47.1 Å². The van der Waals surface area contributed by atoms with Crippen LogP contribution in [0.3, 0.4) is 0 Å². The summed E-state index contributed by atoms with van der Waals surface area (Å²) in [5.74, 6) is 0.561. The molecule has 0 radical (unpaired) electrons. The third-order valence-electron chi connectivity index (χ3n) is 5.59. The van der Waals surface area contributed by atoms with Gasteiger partial charge in [0.25, 0.3) is 0 Å². The number of hydrogen-bond acceptors (Lipinski definition) is 8. The lowest BCUT2D eigenvalue weighted by Gasteiger charge is -2.16. The van der Waals surface area contributed by atoms with E-state index in [0.717, 1.165) is 30.8 Å². The van der Waals surface area contributed by atoms with Crippen LogP contribution in [-0.4, -0.2) is 68.9 Å². The Morgan fingerprint density at radius 2 is 2.17 bits per heavy atom. The predicted octanol–water partition coefficient (Wildman–Crippen LogP) is 1.61. The SMILES string of the molecule is Cc1cc(C(=O)CSc2nnnn2CC2CCCO2)c(C)n1C1CCS(=O)(=O)C1. The standard InChI is InChI=1S/C18H25N5O4S2/c1-12-8-16(13(2)23(12)14-5-7-29(25,26)11-14)17(24)10-28-18-19-20-21-22(18)9-15-4-3-6-27-15/h8,14-15H,3-7,9-11H2,1-2H3. The van der Waals surface area contributed by atoms with Gasteiger partial charge in [0.05, 0.1) is 29.9 Å². The van der Waals surface area contributed by atoms with E-state index in [9.17, 15) is 13.2 Å². The lowest BCUT2D eigenvalue weighted by molar-refractivity contribution is 0.0912. The number of tetrazole rings is 1. The summed E-state index contributed by atoms with van der Waals surface area (Å²) in [6, 6.07) is 1.77. The molecule has 0 N–H and O–H groups in total. The number of ketones is 1. The molecule has 0 bridgehead atoms. The molecule has 2 unspecified atom stereocenters. The van der Waals surface area contributed by atoms with Crippen LogP contribution in [0.25, 0.3) is 0 Å². The van der Waals surface area contributed by atoms with Gasteiger partial charge in [-0.25, -0.2) is 13.1 Å². The molecular formula is C18H25N5O4S2. The monoisotopic (exact) mass is 439 g/mol. The largest absolute Gasteiger partial charge is 0.376 e. The number of rotatable bonds is 7. The molecule has 2 saturated heterocycles. The van der Waals surface area contributed by atoms with Gasteiger partial charge in [-0.2, -0.15) is 0 Å². The Kier molecular flexibility index (Phi) is 5.80. The smallest absolute Gasteiger partial charge is 0.209 e. The topological polar surface area (TPSA) is 109 Å². The van der Waals surface area contributed by atoms with Crippen LogP contribution in [0, 0.1) is 13.8 Å². The Bertz CT molecular complexity index is 1010. The number of hydrogen-bond donors (Lipinski definition) is 0. The second kappa shape index (κ2) is 8.19. The first kappa shape index (κ1) is 20.5. The van der Waals surface area contributed by atoms with E-state index < -0.39 is 9.84 Å². The number of thioether (sulfide) groups is 1. The van der Waals surface area contributed by atoms with Crippen LogP contribution in [0.2, 0.25) is 0 Å². The molecule has 0 aliphatic carbocycles. The molecule has 0 spiro atoms. The van der Waals surface area contributed by atoms with Crippen LogP contribution in [0.15, 0.2) is 11.2 Å². The van der Waals surface area contributed by atoms with Gasteiger partial charge in [-0.15, -0.1) is 5.10 Å². The van der Waals surface area contributed by atoms with E-state index in [-0.39, 0.29) is 35.2 Å². The number of nitrogens with zero attached hydrogens (tertiary/aromatic N) is 5. The van der Waals surface area contributed by atoms with Gasteiger partial charge in [0, 0.05) is 29.6 Å². The Hall–Kier alpha value is -1.72. The predicted molar refractivity (Wildman–Crippen MR) is 108 cm³/mol. The molecule has 4 rings (SSSR count). The number of sulfone groups is 1. The van der Waals surface area contributed by atoms with Gasteiger partial charge in [0.2, 0.25) is 5.16 Å². The van der Waals surface area contributed by atoms with Crippen molar-refractivity contribution in [3.05, 3.63) is 23.0 Å². The van der Waals surface area contributed by atoms with Gasteiger partial charge in [-0.3, -0.25) is 4.79 Å². The summed E-state index contributed by atoms with van der Waals surface area (Å²) in [7, 11) is -2.99. The van der Waals surface area contributed by atoms with Crippen molar-refractivity contribution < 1.29 is 17.9 Å². The lowest BCUT2D eigenvalue weighted by Crippen LogP contribution is -2.17. The fourth-order valence-corrected chi connectivity index (χ4v) is 6.67. The molecule has 2 aromatic rings. The molecule has 158 valence electrons. The number of Topliss-reactive ketones (excluding diaryl/α,β-unsaturated/α-hetero) is 1. The Balaban J connectivity index is 1.43. The molecule has 2 aromatic heterocycles. The normalized spacial score (nSPS) is 23.7. The zero-order valence-electron chi connectivity index (χ0n) is 16.6. The van der Waals surface area contributed by atoms with Crippen LogP contribution in [0.5, 0.6) is 0 Å². The molecule has 29 heavy (non-hydrogen) atoms. The molecule has 11 heteroatoms. The minimum atomic E-state index is -2.99. The summed E-state index contributed by atoms with van der Waals surface area (Å²) in [6.07, 6.45) is 2.76. The first-order valence-corrected chi connectivity index (χ1v) is 12.6. The summed E-state index contributed by atoms with van der Waals surface area (Å²) in [5, 5.41) is 12.4. The third kappa shape index (κ3) is 4.41. The molecular weight excluding hydrogens is 414 g/mol. The highest BCUT2D eigenvalue weighted by molar-refractivity contribution is 7.99. The van der Waals surface area contributed by atoms with Gasteiger partial charge >= 0.3 is 0 Å². The van der Waals surface area contributed by atoms with Gasteiger partial charge in [-0.05, 0) is 49.6 Å². The van der Waals surface area contributed by atoms with E-state index >= 15 is 0 Å². The van der Waals surface area contributed by atoms with Gasteiger partial charge in [0.1, 0.15) is 0 Å². The van der Waals surface area contributed by atoms with Crippen LogP contribution in [0.4, 0.5) is 0 Å². The van der Waals surface area contributed by atoms with Crippen LogP contribution >= 0.6 is 11.8 Å². The van der Waals surface area contributed by atoms with Crippen LogP contribution in [-0.2, 0) is 21.1 Å².